The number of fused-ring (bicyclic) bond motifs is 1. The Balaban J connectivity index is 1.87. The van der Waals surface area contributed by atoms with Gasteiger partial charge in [-0.25, -0.2) is 0 Å². The summed E-state index contributed by atoms with van der Waals surface area (Å²) < 4.78 is 17.9. The number of ether oxygens (including phenoxy) is 3. The summed E-state index contributed by atoms with van der Waals surface area (Å²) in [4.78, 5) is 13.0. The van der Waals surface area contributed by atoms with Gasteiger partial charge in [-0.1, -0.05) is 17.7 Å². The van der Waals surface area contributed by atoms with E-state index in [2.05, 4.69) is 18.0 Å². The van der Waals surface area contributed by atoms with Crippen LogP contribution in [0.1, 0.15) is 16.7 Å². The second-order valence-electron chi connectivity index (χ2n) is 7.07. The maximum atomic E-state index is 13.0. The van der Waals surface area contributed by atoms with Crippen LogP contribution in [0.4, 0.5) is 0 Å². The predicted octanol–water partition coefficient (Wildman–Crippen LogP) is 3.81. The summed E-state index contributed by atoms with van der Waals surface area (Å²) in [6.07, 6.45) is 1.74. The van der Waals surface area contributed by atoms with E-state index in [1.54, 1.807) is 32.0 Å². The highest BCUT2D eigenvalue weighted by Gasteiger charge is 2.13. The van der Waals surface area contributed by atoms with Crippen molar-refractivity contribution in [2.75, 3.05) is 21.3 Å². The molecule has 0 atom stereocenters. The van der Waals surface area contributed by atoms with E-state index in [0.717, 1.165) is 22.0 Å². The van der Waals surface area contributed by atoms with Crippen LogP contribution in [0.3, 0.4) is 0 Å². The molecule has 1 aromatic heterocycles. The zero-order chi connectivity index (χ0) is 21.7. The van der Waals surface area contributed by atoms with Gasteiger partial charge in [0.15, 0.2) is 11.5 Å². The van der Waals surface area contributed by atoms with E-state index >= 15 is 0 Å². The van der Waals surface area contributed by atoms with E-state index in [9.17, 15) is 4.79 Å². The van der Waals surface area contributed by atoms with Crippen molar-refractivity contribution >= 4 is 10.9 Å². The summed E-state index contributed by atoms with van der Waals surface area (Å²) in [7, 11) is 4.76. The molecular weight excluding hydrogens is 380 g/mol. The van der Waals surface area contributed by atoms with Crippen molar-refractivity contribution in [2.45, 2.75) is 26.6 Å². The van der Waals surface area contributed by atoms with Gasteiger partial charge in [0.05, 0.1) is 26.8 Å². The first-order valence-corrected chi connectivity index (χ1v) is 9.76. The summed E-state index contributed by atoms with van der Waals surface area (Å²) >= 11 is 0. The molecule has 0 spiro atoms. The van der Waals surface area contributed by atoms with E-state index in [-0.39, 0.29) is 5.56 Å². The molecule has 0 aliphatic carbocycles. The zero-order valence-corrected chi connectivity index (χ0v) is 18.0. The number of hydrogen-bond acceptors (Lipinski definition) is 5. The zero-order valence-electron chi connectivity index (χ0n) is 18.0. The fourth-order valence-electron chi connectivity index (χ4n) is 3.58. The molecule has 0 unspecified atom stereocenters. The minimum absolute atomic E-state index is 0.0105. The molecule has 1 N–H and O–H groups in total. The van der Waals surface area contributed by atoms with Crippen molar-refractivity contribution < 1.29 is 14.2 Å². The summed E-state index contributed by atoms with van der Waals surface area (Å²) in [6, 6.07) is 11.9. The van der Waals surface area contributed by atoms with Gasteiger partial charge < -0.3 is 24.1 Å². The average molecular weight is 408 g/mol. The Hall–Kier alpha value is -3.25. The molecule has 0 amide bonds. The number of hydrogen-bond donors (Lipinski definition) is 1. The Bertz CT molecular complexity index is 1090. The summed E-state index contributed by atoms with van der Waals surface area (Å²) in [5, 5.41) is 4.40. The third kappa shape index (κ3) is 4.33. The summed E-state index contributed by atoms with van der Waals surface area (Å²) in [5.74, 6) is 1.76. The molecule has 0 fully saturated rings. The third-order valence-corrected chi connectivity index (χ3v) is 5.00. The largest absolute Gasteiger partial charge is 0.493 e. The number of benzene rings is 2. The minimum atomic E-state index is -0.0105. The van der Waals surface area contributed by atoms with Crippen LogP contribution >= 0.6 is 0 Å². The Labute approximate surface area is 176 Å². The smallest absolute Gasteiger partial charge is 0.255 e. The molecule has 6 nitrogen and oxygen atoms in total. The molecule has 0 bridgehead atoms. The quantitative estimate of drug-likeness (QED) is 0.546. The van der Waals surface area contributed by atoms with Gasteiger partial charge >= 0.3 is 0 Å². The maximum absolute atomic E-state index is 13.0. The Morgan fingerprint density at radius 2 is 1.70 bits per heavy atom. The van der Waals surface area contributed by atoms with Gasteiger partial charge in [0.2, 0.25) is 5.75 Å². The molecule has 3 aromatic rings. The normalized spacial score (nSPS) is 10.8. The van der Waals surface area contributed by atoms with Gasteiger partial charge in [0.1, 0.15) is 0 Å². The van der Waals surface area contributed by atoms with Crippen molar-refractivity contribution in [1.29, 1.82) is 0 Å². The van der Waals surface area contributed by atoms with Gasteiger partial charge in [0, 0.05) is 25.2 Å². The lowest BCUT2D eigenvalue weighted by Crippen LogP contribution is -2.27. The first-order valence-electron chi connectivity index (χ1n) is 9.76. The predicted molar refractivity (Wildman–Crippen MR) is 120 cm³/mol. The second-order valence-corrected chi connectivity index (χ2v) is 7.07. The molecule has 0 aliphatic rings. The molecule has 1 heterocycles. The van der Waals surface area contributed by atoms with Crippen LogP contribution in [0.2, 0.25) is 0 Å². The Morgan fingerprint density at radius 3 is 2.30 bits per heavy atom. The van der Waals surface area contributed by atoms with Crippen LogP contribution in [0, 0.1) is 6.92 Å². The Morgan fingerprint density at radius 1 is 1.00 bits per heavy atom. The van der Waals surface area contributed by atoms with Crippen molar-refractivity contribution in [3.63, 3.8) is 0 Å². The molecule has 0 aliphatic heterocycles. The number of pyridine rings is 1. The fourth-order valence-corrected chi connectivity index (χ4v) is 3.58. The third-order valence-electron chi connectivity index (χ3n) is 5.00. The van der Waals surface area contributed by atoms with E-state index in [4.69, 9.17) is 14.2 Å². The summed E-state index contributed by atoms with van der Waals surface area (Å²) in [5.41, 5.74) is 3.74. The Kier molecular flexibility index (Phi) is 6.79. The van der Waals surface area contributed by atoms with Crippen LogP contribution in [-0.2, 0) is 19.6 Å². The van der Waals surface area contributed by atoms with Gasteiger partial charge in [-0.2, -0.15) is 0 Å². The summed E-state index contributed by atoms with van der Waals surface area (Å²) in [6.45, 7) is 7.29. The molecule has 3 rings (SSSR count). The topological polar surface area (TPSA) is 61.7 Å². The highest BCUT2D eigenvalue weighted by atomic mass is 16.5. The van der Waals surface area contributed by atoms with E-state index in [0.29, 0.717) is 42.4 Å². The van der Waals surface area contributed by atoms with Gasteiger partial charge in [-0.05, 0) is 48.2 Å². The lowest BCUT2D eigenvalue weighted by molar-refractivity contribution is 0.323. The highest BCUT2D eigenvalue weighted by Crippen LogP contribution is 2.38. The van der Waals surface area contributed by atoms with Crippen LogP contribution in [0.5, 0.6) is 17.2 Å². The minimum Gasteiger partial charge on any atom is -0.493 e. The number of methoxy groups -OCH3 is 3. The molecule has 0 saturated carbocycles. The molecule has 2 aromatic carbocycles. The number of nitrogens with zero attached hydrogens (tertiary/aromatic N) is 1. The molecule has 30 heavy (non-hydrogen) atoms. The maximum Gasteiger partial charge on any atom is 0.255 e. The highest BCUT2D eigenvalue weighted by molar-refractivity contribution is 5.80. The van der Waals surface area contributed by atoms with Crippen LogP contribution in [0.15, 0.2) is 53.8 Å². The number of allylic oxidation sites excluding steroid dienone is 1. The molecule has 158 valence electrons. The standard InChI is InChI=1S/C24H28N2O4/c1-6-9-26-20-8-7-16(2)10-18(20)13-19(24(26)27)15-25-14-17-11-21(28-3)23(30-5)22(12-17)29-4/h6-8,10-13,25H,1,9,14-15H2,2-5H3. The van der Waals surface area contributed by atoms with Gasteiger partial charge in [-0.3, -0.25) is 4.79 Å². The first kappa shape index (κ1) is 21.5. The number of rotatable bonds is 9. The van der Waals surface area contributed by atoms with E-state index < -0.39 is 0 Å². The number of aromatic nitrogens is 1. The number of nitrogens with one attached hydrogen (secondary N) is 1. The van der Waals surface area contributed by atoms with Gasteiger partial charge in [0.25, 0.3) is 5.56 Å². The lowest BCUT2D eigenvalue weighted by Gasteiger charge is -2.15. The monoisotopic (exact) mass is 408 g/mol. The SMILES string of the molecule is C=CCn1c(=O)c(CNCc2cc(OC)c(OC)c(OC)c2)cc2cc(C)ccc21. The number of aryl methyl sites for hydroxylation is 1. The lowest BCUT2D eigenvalue weighted by atomic mass is 10.1. The van der Waals surface area contributed by atoms with Crippen LogP contribution in [-0.4, -0.2) is 25.9 Å². The first-order chi connectivity index (χ1) is 14.5. The van der Waals surface area contributed by atoms with Gasteiger partial charge in [-0.15, -0.1) is 6.58 Å². The van der Waals surface area contributed by atoms with E-state index in [1.807, 2.05) is 37.3 Å². The molecule has 0 radical (unpaired) electrons. The molecular formula is C24H28N2O4. The van der Waals surface area contributed by atoms with Crippen molar-refractivity contribution in [3.05, 3.63) is 76.1 Å². The van der Waals surface area contributed by atoms with Crippen molar-refractivity contribution in [2.24, 2.45) is 0 Å². The average Bonchev–Trinajstić information content (AvgIpc) is 2.75. The van der Waals surface area contributed by atoms with Crippen LogP contribution in [0.25, 0.3) is 10.9 Å². The van der Waals surface area contributed by atoms with Crippen molar-refractivity contribution in [1.82, 2.24) is 9.88 Å². The fraction of sp³-hybridized carbons (Fsp3) is 0.292. The van der Waals surface area contributed by atoms with E-state index in [1.165, 1.54) is 0 Å². The second kappa shape index (κ2) is 9.50. The van der Waals surface area contributed by atoms with Crippen LogP contribution < -0.4 is 25.1 Å². The van der Waals surface area contributed by atoms with Crippen molar-refractivity contribution in [3.8, 4) is 17.2 Å². The molecule has 6 heteroatoms. The molecule has 0 saturated heterocycles.